The number of hydrogen-bond donors (Lipinski definition) is 0. The van der Waals surface area contributed by atoms with Crippen LogP contribution in [0.15, 0.2) is 43.0 Å². The van der Waals surface area contributed by atoms with Crippen LogP contribution in [0.3, 0.4) is 0 Å². The Morgan fingerprint density at radius 2 is 2.15 bits per heavy atom. The van der Waals surface area contributed by atoms with Gasteiger partial charge in [0.1, 0.15) is 5.75 Å². The maximum Gasteiger partial charge on any atom is 0.228 e. The summed E-state index contributed by atoms with van der Waals surface area (Å²) in [4.78, 5) is 18.8. The van der Waals surface area contributed by atoms with Gasteiger partial charge in [-0.15, -0.1) is 0 Å². The van der Waals surface area contributed by atoms with Gasteiger partial charge in [-0.25, -0.2) is 0 Å². The molecule has 27 heavy (non-hydrogen) atoms. The molecule has 0 saturated carbocycles. The van der Waals surface area contributed by atoms with Crippen LogP contribution in [0.25, 0.3) is 0 Å². The SMILES string of the molecule is Cn1ccc(CC(=O)N2Cc3cn(C)nc3[C@@H](COc3cccnc3)C2)n1. The van der Waals surface area contributed by atoms with E-state index < -0.39 is 0 Å². The molecule has 4 rings (SSSR count). The van der Waals surface area contributed by atoms with Crippen molar-refractivity contribution in [2.24, 2.45) is 14.1 Å². The second-order valence-electron chi connectivity index (χ2n) is 6.84. The molecule has 1 atom stereocenters. The van der Waals surface area contributed by atoms with Crippen LogP contribution in [0, 0.1) is 0 Å². The van der Waals surface area contributed by atoms with Crippen molar-refractivity contribution >= 4 is 5.91 Å². The summed E-state index contributed by atoms with van der Waals surface area (Å²) < 4.78 is 9.41. The van der Waals surface area contributed by atoms with E-state index >= 15 is 0 Å². The number of aryl methyl sites for hydroxylation is 2. The number of nitrogens with zero attached hydrogens (tertiary/aromatic N) is 6. The molecule has 4 heterocycles. The first kappa shape index (κ1) is 17.3. The average molecular weight is 366 g/mol. The van der Waals surface area contributed by atoms with Gasteiger partial charge in [0.15, 0.2) is 0 Å². The van der Waals surface area contributed by atoms with Gasteiger partial charge in [-0.1, -0.05) is 0 Å². The lowest BCUT2D eigenvalue weighted by Crippen LogP contribution is -2.40. The second kappa shape index (κ2) is 7.22. The van der Waals surface area contributed by atoms with Crippen molar-refractivity contribution in [1.82, 2.24) is 29.4 Å². The number of carbonyl (C=O) groups is 1. The number of hydrogen-bond acceptors (Lipinski definition) is 5. The molecule has 0 saturated heterocycles. The van der Waals surface area contributed by atoms with Crippen LogP contribution in [-0.4, -0.2) is 48.5 Å². The maximum atomic E-state index is 12.8. The Balaban J connectivity index is 1.49. The Kier molecular flexibility index (Phi) is 4.62. The fraction of sp³-hybridized carbons (Fsp3) is 0.368. The van der Waals surface area contributed by atoms with E-state index in [4.69, 9.17) is 4.74 Å². The molecule has 1 aliphatic heterocycles. The van der Waals surface area contributed by atoms with Gasteiger partial charge >= 0.3 is 0 Å². The summed E-state index contributed by atoms with van der Waals surface area (Å²) in [6.07, 6.45) is 7.52. The highest BCUT2D eigenvalue weighted by molar-refractivity contribution is 5.78. The van der Waals surface area contributed by atoms with E-state index in [1.165, 1.54) is 0 Å². The van der Waals surface area contributed by atoms with E-state index in [2.05, 4.69) is 15.2 Å². The zero-order chi connectivity index (χ0) is 18.8. The van der Waals surface area contributed by atoms with Crippen molar-refractivity contribution < 1.29 is 9.53 Å². The maximum absolute atomic E-state index is 12.8. The van der Waals surface area contributed by atoms with E-state index in [-0.39, 0.29) is 11.8 Å². The average Bonchev–Trinajstić information content (AvgIpc) is 3.24. The molecular weight excluding hydrogens is 344 g/mol. The Labute approximate surface area is 157 Å². The van der Waals surface area contributed by atoms with E-state index in [9.17, 15) is 4.79 Å². The van der Waals surface area contributed by atoms with Crippen molar-refractivity contribution in [3.8, 4) is 5.75 Å². The van der Waals surface area contributed by atoms with Crippen LogP contribution in [0.1, 0.15) is 22.9 Å². The van der Waals surface area contributed by atoms with E-state index in [1.807, 2.05) is 49.6 Å². The Morgan fingerprint density at radius 3 is 2.89 bits per heavy atom. The third-order valence-corrected chi connectivity index (χ3v) is 4.67. The summed E-state index contributed by atoms with van der Waals surface area (Å²) >= 11 is 0. The Morgan fingerprint density at radius 1 is 1.26 bits per heavy atom. The largest absolute Gasteiger partial charge is 0.491 e. The Hall–Kier alpha value is -3.16. The molecule has 0 unspecified atom stereocenters. The monoisotopic (exact) mass is 366 g/mol. The zero-order valence-electron chi connectivity index (χ0n) is 15.4. The molecule has 0 aromatic carbocycles. The van der Waals surface area contributed by atoms with Crippen LogP contribution in [0.2, 0.25) is 0 Å². The highest BCUT2D eigenvalue weighted by Gasteiger charge is 2.31. The lowest BCUT2D eigenvalue weighted by Gasteiger charge is -2.31. The molecule has 0 aliphatic carbocycles. The van der Waals surface area contributed by atoms with Crippen LogP contribution in [-0.2, 0) is 31.9 Å². The molecule has 3 aromatic rings. The standard InChI is InChI=1S/C19H22N6O2/c1-23-7-5-16(21-23)8-18(26)25-11-14-10-24(2)22-19(14)15(12-25)13-27-17-4-3-6-20-9-17/h3-7,9-10,15H,8,11-13H2,1-2H3/t15-/m1/s1. The minimum Gasteiger partial charge on any atom is -0.491 e. The first-order valence-electron chi connectivity index (χ1n) is 8.90. The molecule has 1 aliphatic rings. The predicted molar refractivity (Wildman–Crippen MR) is 98.0 cm³/mol. The molecule has 0 radical (unpaired) electrons. The van der Waals surface area contributed by atoms with Gasteiger partial charge in [0.05, 0.1) is 36.5 Å². The van der Waals surface area contributed by atoms with Crippen LogP contribution >= 0.6 is 0 Å². The van der Waals surface area contributed by atoms with Crippen molar-refractivity contribution in [3.63, 3.8) is 0 Å². The molecule has 3 aromatic heterocycles. The van der Waals surface area contributed by atoms with E-state index in [0.29, 0.717) is 31.9 Å². The van der Waals surface area contributed by atoms with Gasteiger partial charge in [-0.3, -0.25) is 19.1 Å². The van der Waals surface area contributed by atoms with Crippen LogP contribution in [0.4, 0.5) is 0 Å². The van der Waals surface area contributed by atoms with Gasteiger partial charge in [0.2, 0.25) is 5.91 Å². The molecule has 8 nitrogen and oxygen atoms in total. The molecule has 0 bridgehead atoms. The van der Waals surface area contributed by atoms with Crippen molar-refractivity contribution in [2.45, 2.75) is 18.9 Å². The summed E-state index contributed by atoms with van der Waals surface area (Å²) in [5.41, 5.74) is 2.85. The van der Waals surface area contributed by atoms with Crippen molar-refractivity contribution in [3.05, 3.63) is 59.9 Å². The molecular formula is C19H22N6O2. The summed E-state index contributed by atoms with van der Waals surface area (Å²) in [6.45, 7) is 1.59. The minimum absolute atomic E-state index is 0.0165. The topological polar surface area (TPSA) is 78.1 Å². The summed E-state index contributed by atoms with van der Waals surface area (Å²) in [5, 5.41) is 8.90. The fourth-order valence-corrected chi connectivity index (χ4v) is 3.42. The lowest BCUT2D eigenvalue weighted by molar-refractivity contribution is -0.132. The number of ether oxygens (including phenoxy) is 1. The number of carbonyl (C=O) groups excluding carboxylic acids is 1. The molecule has 0 fully saturated rings. The van der Waals surface area contributed by atoms with Gasteiger partial charge in [-0.05, 0) is 18.2 Å². The molecule has 8 heteroatoms. The molecule has 140 valence electrons. The predicted octanol–water partition coefficient (Wildman–Crippen LogP) is 1.30. The summed E-state index contributed by atoms with van der Waals surface area (Å²) in [6, 6.07) is 5.59. The van der Waals surface area contributed by atoms with Gasteiger partial charge in [0.25, 0.3) is 0 Å². The quantitative estimate of drug-likeness (QED) is 0.680. The Bertz CT molecular complexity index is 933. The smallest absolute Gasteiger partial charge is 0.228 e. The molecule has 0 N–H and O–H groups in total. The van der Waals surface area contributed by atoms with E-state index in [1.54, 1.807) is 21.8 Å². The van der Waals surface area contributed by atoms with Crippen LogP contribution < -0.4 is 4.74 Å². The second-order valence-corrected chi connectivity index (χ2v) is 6.84. The lowest BCUT2D eigenvalue weighted by atomic mass is 9.97. The number of amides is 1. The molecule has 0 spiro atoms. The number of pyridine rings is 1. The highest BCUT2D eigenvalue weighted by atomic mass is 16.5. The third kappa shape index (κ3) is 3.84. The zero-order valence-corrected chi connectivity index (χ0v) is 15.4. The normalized spacial score (nSPS) is 16.2. The number of fused-ring (bicyclic) bond motifs is 1. The van der Waals surface area contributed by atoms with Gasteiger partial charge in [-0.2, -0.15) is 10.2 Å². The minimum atomic E-state index is 0.0165. The van der Waals surface area contributed by atoms with Crippen molar-refractivity contribution in [1.29, 1.82) is 0 Å². The van der Waals surface area contributed by atoms with Crippen LogP contribution in [0.5, 0.6) is 5.75 Å². The number of aromatic nitrogens is 5. The van der Waals surface area contributed by atoms with Crippen molar-refractivity contribution in [2.75, 3.05) is 13.2 Å². The summed E-state index contributed by atoms with van der Waals surface area (Å²) in [5.74, 6) is 0.796. The molecule has 1 amide bonds. The summed E-state index contributed by atoms with van der Waals surface area (Å²) in [7, 11) is 3.75. The van der Waals surface area contributed by atoms with Gasteiger partial charge in [0, 0.05) is 51.3 Å². The van der Waals surface area contributed by atoms with E-state index in [0.717, 1.165) is 17.0 Å². The fourth-order valence-electron chi connectivity index (χ4n) is 3.42. The van der Waals surface area contributed by atoms with Gasteiger partial charge < -0.3 is 9.64 Å². The third-order valence-electron chi connectivity index (χ3n) is 4.67. The highest BCUT2D eigenvalue weighted by Crippen LogP contribution is 2.28. The first-order chi connectivity index (χ1) is 13.1. The number of rotatable bonds is 5. The first-order valence-corrected chi connectivity index (χ1v) is 8.90.